The van der Waals surface area contributed by atoms with Crippen LogP contribution >= 0.6 is 0 Å². The molecule has 2 aromatic rings. The lowest BCUT2D eigenvalue weighted by atomic mass is 10.2. The van der Waals surface area contributed by atoms with Crippen LogP contribution in [0.5, 0.6) is 0 Å². The molecule has 1 nitrogen and oxygen atoms in total. The maximum Gasteiger partial charge on any atom is 0.101 e. The molecule has 0 heterocycles. The van der Waals surface area contributed by atoms with Crippen molar-refractivity contribution in [2.75, 3.05) is 0 Å². The number of benzene rings is 2. The molecule has 0 bridgehead atoms. The van der Waals surface area contributed by atoms with Gasteiger partial charge in [0.15, 0.2) is 0 Å². The van der Waals surface area contributed by atoms with E-state index in [9.17, 15) is 0 Å². The fourth-order valence-corrected chi connectivity index (χ4v) is 1.63. The Bertz CT molecular complexity index is 346. The second kappa shape index (κ2) is 7.41. The van der Waals surface area contributed by atoms with Crippen LogP contribution in [0, 0.1) is 0 Å². The average molecular weight is 325 g/mol. The summed E-state index contributed by atoms with van der Waals surface area (Å²) in [6, 6.07) is 21.1. The first kappa shape index (κ1) is 13.2. The Hall–Kier alpha value is -0.870. The molecule has 84 valence electrons. The monoisotopic (exact) mass is 325 g/mol. The van der Waals surface area contributed by atoms with Gasteiger partial charge in [0.25, 0.3) is 0 Å². The normalized spacial score (nSPS) is 9.50. The van der Waals surface area contributed by atoms with E-state index in [0.717, 1.165) is 13.1 Å². The van der Waals surface area contributed by atoms with Gasteiger partial charge in [-0.3, -0.25) is 0 Å². The van der Waals surface area contributed by atoms with Crippen molar-refractivity contribution in [3.8, 4) is 0 Å². The van der Waals surface area contributed by atoms with Gasteiger partial charge >= 0.3 is 0 Å². The first-order valence-corrected chi connectivity index (χ1v) is 5.34. The summed E-state index contributed by atoms with van der Waals surface area (Å²) in [6.07, 6.45) is 0. The van der Waals surface area contributed by atoms with Crippen molar-refractivity contribution >= 4 is 0 Å². The maximum atomic E-state index is 2.32. The van der Waals surface area contributed by atoms with Crippen molar-refractivity contribution in [3.63, 3.8) is 0 Å². The van der Waals surface area contributed by atoms with Crippen LogP contribution in [0.2, 0.25) is 0 Å². The molecule has 2 N–H and O–H groups in total. The molecule has 0 aromatic heterocycles. The fraction of sp³-hybridized carbons (Fsp3) is 0.143. The molecular weight excluding hydrogens is 309 g/mol. The van der Waals surface area contributed by atoms with Crippen molar-refractivity contribution < 1.29 is 29.3 Å². The van der Waals surface area contributed by atoms with Crippen molar-refractivity contribution in [2.45, 2.75) is 13.1 Å². The van der Waals surface area contributed by atoms with E-state index in [1.807, 2.05) is 0 Å². The summed E-state index contributed by atoms with van der Waals surface area (Å²) in [4.78, 5) is 0. The highest BCUT2D eigenvalue weighted by atomic mass is 127. The van der Waals surface area contributed by atoms with Crippen molar-refractivity contribution in [2.24, 2.45) is 0 Å². The molecule has 0 radical (unpaired) electrons. The third kappa shape index (κ3) is 4.33. The van der Waals surface area contributed by atoms with Gasteiger partial charge in [0.2, 0.25) is 0 Å². The summed E-state index contributed by atoms with van der Waals surface area (Å²) in [5, 5.41) is 2.32. The van der Waals surface area contributed by atoms with E-state index in [1.54, 1.807) is 0 Å². The molecule has 0 unspecified atom stereocenters. The highest BCUT2D eigenvalue weighted by Gasteiger charge is 1.95. The lowest BCUT2D eigenvalue weighted by molar-refractivity contribution is -0.686. The first-order chi connectivity index (χ1) is 7.45. The van der Waals surface area contributed by atoms with Crippen molar-refractivity contribution in [3.05, 3.63) is 71.8 Å². The van der Waals surface area contributed by atoms with Gasteiger partial charge in [0.1, 0.15) is 13.1 Å². The average Bonchev–Trinajstić information content (AvgIpc) is 2.32. The fourth-order valence-electron chi connectivity index (χ4n) is 1.63. The quantitative estimate of drug-likeness (QED) is 0.692. The van der Waals surface area contributed by atoms with Crippen LogP contribution in [0.15, 0.2) is 60.7 Å². The van der Waals surface area contributed by atoms with E-state index in [0.29, 0.717) is 0 Å². The van der Waals surface area contributed by atoms with Gasteiger partial charge in [0.05, 0.1) is 0 Å². The standard InChI is InChI=1S/C14H15N.HI/c1-3-7-13(8-4-1)11-15-12-14-9-5-2-6-10-14;/h1-10,15H,11-12H2;1H. The van der Waals surface area contributed by atoms with Crippen LogP contribution in [0.25, 0.3) is 0 Å². The zero-order valence-corrected chi connectivity index (χ0v) is 11.3. The van der Waals surface area contributed by atoms with E-state index < -0.39 is 0 Å². The molecule has 0 aliphatic heterocycles. The Morgan fingerprint density at radius 2 is 1.00 bits per heavy atom. The van der Waals surface area contributed by atoms with Crippen molar-refractivity contribution in [1.82, 2.24) is 0 Å². The van der Waals surface area contributed by atoms with E-state index >= 15 is 0 Å². The highest BCUT2D eigenvalue weighted by Crippen LogP contribution is 1.96. The minimum atomic E-state index is 0. The number of hydrogen-bond donors (Lipinski definition) is 1. The van der Waals surface area contributed by atoms with Gasteiger partial charge in [-0.1, -0.05) is 60.7 Å². The van der Waals surface area contributed by atoms with Crippen LogP contribution in [0.3, 0.4) is 0 Å². The summed E-state index contributed by atoms with van der Waals surface area (Å²) in [7, 11) is 0. The topological polar surface area (TPSA) is 16.6 Å². The summed E-state index contributed by atoms with van der Waals surface area (Å²) in [5.74, 6) is 0. The van der Waals surface area contributed by atoms with Gasteiger partial charge in [-0.2, -0.15) is 0 Å². The minimum absolute atomic E-state index is 0. The van der Waals surface area contributed by atoms with Gasteiger partial charge < -0.3 is 29.3 Å². The van der Waals surface area contributed by atoms with Gasteiger partial charge in [-0.05, 0) is 0 Å². The Kier molecular flexibility index (Phi) is 6.11. The molecule has 2 aromatic carbocycles. The van der Waals surface area contributed by atoms with Crippen LogP contribution < -0.4 is 29.3 Å². The Morgan fingerprint density at radius 1 is 0.625 bits per heavy atom. The minimum Gasteiger partial charge on any atom is -1.00 e. The smallest absolute Gasteiger partial charge is 0.101 e. The zero-order valence-electron chi connectivity index (χ0n) is 9.14. The Labute approximate surface area is 114 Å². The second-order valence-electron chi connectivity index (χ2n) is 3.67. The van der Waals surface area contributed by atoms with E-state index in [-0.39, 0.29) is 24.0 Å². The molecule has 0 saturated heterocycles. The number of hydrogen-bond acceptors (Lipinski definition) is 0. The first-order valence-electron chi connectivity index (χ1n) is 5.34. The molecule has 0 aliphatic rings. The molecule has 0 fully saturated rings. The number of halogens is 1. The van der Waals surface area contributed by atoms with Gasteiger partial charge in [-0.15, -0.1) is 0 Å². The summed E-state index contributed by atoms with van der Waals surface area (Å²) in [6.45, 7) is 2.10. The molecule has 16 heavy (non-hydrogen) atoms. The summed E-state index contributed by atoms with van der Waals surface area (Å²) >= 11 is 0. The Morgan fingerprint density at radius 3 is 1.38 bits per heavy atom. The van der Waals surface area contributed by atoms with E-state index in [2.05, 4.69) is 66.0 Å². The highest BCUT2D eigenvalue weighted by molar-refractivity contribution is 5.14. The van der Waals surface area contributed by atoms with Crippen LogP contribution in [-0.4, -0.2) is 0 Å². The SMILES string of the molecule is [I-].c1ccc(C[NH2+]Cc2ccccc2)cc1. The van der Waals surface area contributed by atoms with Crippen LogP contribution in [-0.2, 0) is 13.1 Å². The third-order valence-electron chi connectivity index (χ3n) is 2.45. The molecule has 0 aliphatic carbocycles. The molecular formula is C14H16IN. The maximum absolute atomic E-state index is 2.32. The predicted octanol–water partition coefficient (Wildman–Crippen LogP) is -1.05. The molecule has 0 atom stereocenters. The van der Waals surface area contributed by atoms with E-state index in [1.165, 1.54) is 11.1 Å². The Balaban J connectivity index is 0.00000128. The van der Waals surface area contributed by atoms with Gasteiger partial charge in [-0.25, -0.2) is 0 Å². The molecule has 2 heteroatoms. The zero-order chi connectivity index (χ0) is 10.3. The summed E-state index contributed by atoms with van der Waals surface area (Å²) < 4.78 is 0. The molecule has 2 rings (SSSR count). The number of quaternary nitrogens is 1. The van der Waals surface area contributed by atoms with Crippen LogP contribution in [0.4, 0.5) is 0 Å². The number of rotatable bonds is 4. The van der Waals surface area contributed by atoms with E-state index in [4.69, 9.17) is 0 Å². The second-order valence-corrected chi connectivity index (χ2v) is 3.67. The number of nitrogens with two attached hydrogens (primary N) is 1. The van der Waals surface area contributed by atoms with Gasteiger partial charge in [0, 0.05) is 11.1 Å². The predicted molar refractivity (Wildman–Crippen MR) is 62.2 cm³/mol. The lowest BCUT2D eigenvalue weighted by Crippen LogP contribution is -3.00. The lowest BCUT2D eigenvalue weighted by Gasteiger charge is -2.01. The van der Waals surface area contributed by atoms with Crippen molar-refractivity contribution in [1.29, 1.82) is 0 Å². The summed E-state index contributed by atoms with van der Waals surface area (Å²) in [5.41, 5.74) is 2.77. The largest absolute Gasteiger partial charge is 1.00 e. The van der Waals surface area contributed by atoms with Crippen LogP contribution in [0.1, 0.15) is 11.1 Å². The molecule has 0 spiro atoms. The molecule has 0 amide bonds. The molecule has 0 saturated carbocycles. The third-order valence-corrected chi connectivity index (χ3v) is 2.45.